The summed E-state index contributed by atoms with van der Waals surface area (Å²) in [5.41, 5.74) is -0.0165. The van der Waals surface area contributed by atoms with E-state index in [-0.39, 0.29) is 18.4 Å². The Morgan fingerprint density at radius 2 is 1.84 bits per heavy atom. The maximum Gasteiger partial charge on any atom is 0.416 e. The van der Waals surface area contributed by atoms with Crippen molar-refractivity contribution in [2.45, 2.75) is 31.6 Å². The average Bonchev–Trinajstić information content (AvgIpc) is 2.74. The number of amides is 1. The highest BCUT2D eigenvalue weighted by Gasteiger charge is 2.30. The summed E-state index contributed by atoms with van der Waals surface area (Å²) in [6.07, 6.45) is -2.57. The van der Waals surface area contributed by atoms with Crippen molar-refractivity contribution < 1.29 is 18.0 Å². The van der Waals surface area contributed by atoms with Gasteiger partial charge in [-0.05, 0) is 51.7 Å². The minimum atomic E-state index is -4.34. The van der Waals surface area contributed by atoms with Gasteiger partial charge in [-0.15, -0.1) is 0 Å². The highest BCUT2D eigenvalue weighted by Crippen LogP contribution is 2.29. The van der Waals surface area contributed by atoms with Crippen LogP contribution >= 0.6 is 0 Å². The molecule has 1 saturated heterocycles. The van der Waals surface area contributed by atoms with Crippen LogP contribution in [0.4, 0.5) is 13.2 Å². The van der Waals surface area contributed by atoms with Crippen LogP contribution in [-0.4, -0.2) is 56.0 Å². The first-order chi connectivity index (χ1) is 11.7. The summed E-state index contributed by atoms with van der Waals surface area (Å²) in [6.45, 7) is 1.87. The first-order valence-corrected chi connectivity index (χ1v) is 8.45. The summed E-state index contributed by atoms with van der Waals surface area (Å²) in [6, 6.07) is 5.33. The molecule has 2 rings (SSSR count). The minimum Gasteiger partial charge on any atom is -0.352 e. The summed E-state index contributed by atoms with van der Waals surface area (Å²) < 4.78 is 37.7. The lowest BCUT2D eigenvalue weighted by Gasteiger charge is -2.25. The van der Waals surface area contributed by atoms with Crippen molar-refractivity contribution in [2.75, 3.05) is 34.2 Å². The van der Waals surface area contributed by atoms with Crippen LogP contribution < -0.4 is 5.32 Å². The van der Waals surface area contributed by atoms with Crippen LogP contribution in [0.3, 0.4) is 0 Å². The summed E-state index contributed by atoms with van der Waals surface area (Å²) in [5.74, 6) is -0.129. The zero-order valence-electron chi connectivity index (χ0n) is 14.9. The number of carbonyl (C=O) groups is 1. The molecule has 1 aromatic rings. The number of likely N-dealkylation sites (tertiary alicyclic amines) is 1. The van der Waals surface area contributed by atoms with Gasteiger partial charge < -0.3 is 15.1 Å². The number of hydrogen-bond donors (Lipinski definition) is 1. The SMILES string of the molecule is CN1C[C@H](C(=O)NCc2ccc(C(F)(F)F)cc2)CC[C@H](N(C)C)C1. The molecule has 4 nitrogen and oxygen atoms in total. The summed E-state index contributed by atoms with van der Waals surface area (Å²) in [4.78, 5) is 16.8. The van der Waals surface area contributed by atoms with E-state index in [4.69, 9.17) is 0 Å². The number of likely N-dealkylation sites (N-methyl/N-ethyl adjacent to an activating group) is 2. The lowest BCUT2D eigenvalue weighted by molar-refractivity contribution is -0.137. The van der Waals surface area contributed by atoms with E-state index in [1.807, 2.05) is 21.1 Å². The molecular weight excluding hydrogens is 331 g/mol. The van der Waals surface area contributed by atoms with Gasteiger partial charge in [0.1, 0.15) is 0 Å². The molecule has 1 aliphatic rings. The minimum absolute atomic E-state index is 0.0360. The second-order valence-corrected chi connectivity index (χ2v) is 7.03. The van der Waals surface area contributed by atoms with Crippen molar-refractivity contribution in [3.63, 3.8) is 0 Å². The number of halogens is 3. The molecule has 25 heavy (non-hydrogen) atoms. The lowest BCUT2D eigenvalue weighted by atomic mass is 10.0. The second kappa shape index (κ2) is 8.19. The number of benzene rings is 1. The molecule has 2 atom stereocenters. The fraction of sp³-hybridized carbons (Fsp3) is 0.611. The van der Waals surface area contributed by atoms with Crippen LogP contribution in [0.25, 0.3) is 0 Å². The van der Waals surface area contributed by atoms with Gasteiger partial charge in [0.15, 0.2) is 0 Å². The van der Waals surface area contributed by atoms with Gasteiger partial charge in [-0.3, -0.25) is 4.79 Å². The van der Waals surface area contributed by atoms with Gasteiger partial charge in [0.05, 0.1) is 11.5 Å². The van der Waals surface area contributed by atoms with E-state index in [9.17, 15) is 18.0 Å². The van der Waals surface area contributed by atoms with Crippen LogP contribution in [0.15, 0.2) is 24.3 Å². The Kier molecular flexibility index (Phi) is 6.46. The Morgan fingerprint density at radius 3 is 2.40 bits per heavy atom. The van der Waals surface area contributed by atoms with Gasteiger partial charge in [-0.1, -0.05) is 12.1 Å². The van der Waals surface area contributed by atoms with Crippen LogP contribution in [-0.2, 0) is 17.5 Å². The number of rotatable bonds is 4. The van der Waals surface area contributed by atoms with Crippen molar-refractivity contribution in [1.29, 1.82) is 0 Å². The Bertz CT molecular complexity index is 572. The molecule has 0 saturated carbocycles. The third-order valence-electron chi connectivity index (χ3n) is 4.75. The molecule has 0 unspecified atom stereocenters. The van der Waals surface area contributed by atoms with E-state index in [2.05, 4.69) is 15.1 Å². The standard InChI is InChI=1S/C18H26F3N3O/c1-23(2)16-9-6-14(11-24(3)12-16)17(25)22-10-13-4-7-15(8-5-13)18(19,20)21/h4-5,7-8,14,16H,6,9-12H2,1-3H3,(H,22,25)/t14-,16+/m1/s1. The summed E-state index contributed by atoms with van der Waals surface area (Å²) in [5, 5.41) is 2.86. The van der Waals surface area contributed by atoms with Crippen molar-refractivity contribution >= 4 is 5.91 Å². The average molecular weight is 357 g/mol. The van der Waals surface area contributed by atoms with E-state index in [0.29, 0.717) is 18.2 Å². The first kappa shape index (κ1) is 19.7. The van der Waals surface area contributed by atoms with E-state index < -0.39 is 11.7 Å². The second-order valence-electron chi connectivity index (χ2n) is 7.03. The molecule has 0 aliphatic carbocycles. The summed E-state index contributed by atoms with van der Waals surface area (Å²) in [7, 11) is 6.10. The molecule has 1 aliphatic heterocycles. The molecule has 1 heterocycles. The number of nitrogens with zero attached hydrogens (tertiary/aromatic N) is 2. The Balaban J connectivity index is 1.89. The normalized spacial score (nSPS) is 22.7. The highest BCUT2D eigenvalue weighted by atomic mass is 19.4. The van der Waals surface area contributed by atoms with Crippen molar-refractivity contribution in [3.05, 3.63) is 35.4 Å². The lowest BCUT2D eigenvalue weighted by Crippen LogP contribution is -2.39. The molecule has 7 heteroatoms. The monoisotopic (exact) mass is 357 g/mol. The Hall–Kier alpha value is -1.60. The van der Waals surface area contributed by atoms with Gasteiger partial charge >= 0.3 is 6.18 Å². The largest absolute Gasteiger partial charge is 0.416 e. The van der Waals surface area contributed by atoms with Crippen molar-refractivity contribution in [1.82, 2.24) is 15.1 Å². The zero-order chi connectivity index (χ0) is 18.6. The fourth-order valence-corrected chi connectivity index (χ4v) is 3.17. The quantitative estimate of drug-likeness (QED) is 0.900. The molecule has 1 amide bonds. The molecule has 0 radical (unpaired) electrons. The number of alkyl halides is 3. The van der Waals surface area contributed by atoms with Gasteiger partial charge in [0.25, 0.3) is 0 Å². The molecule has 1 aromatic carbocycles. The van der Waals surface area contributed by atoms with E-state index >= 15 is 0 Å². The zero-order valence-corrected chi connectivity index (χ0v) is 14.9. The molecule has 1 N–H and O–H groups in total. The third kappa shape index (κ3) is 5.71. The number of carbonyl (C=O) groups excluding carboxylic acids is 1. The van der Waals surface area contributed by atoms with Crippen LogP contribution in [0.5, 0.6) is 0 Å². The molecule has 0 aromatic heterocycles. The van der Waals surface area contributed by atoms with Crippen molar-refractivity contribution in [3.8, 4) is 0 Å². The first-order valence-electron chi connectivity index (χ1n) is 8.45. The van der Waals surface area contributed by atoms with E-state index in [1.165, 1.54) is 12.1 Å². The predicted octanol–water partition coefficient (Wildman–Crippen LogP) is 2.59. The smallest absolute Gasteiger partial charge is 0.352 e. The summed E-state index contributed by atoms with van der Waals surface area (Å²) >= 11 is 0. The predicted molar refractivity (Wildman–Crippen MR) is 91.0 cm³/mol. The highest BCUT2D eigenvalue weighted by molar-refractivity contribution is 5.78. The Labute approximate surface area is 147 Å². The molecule has 0 spiro atoms. The van der Waals surface area contributed by atoms with Gasteiger partial charge in [-0.2, -0.15) is 13.2 Å². The van der Waals surface area contributed by atoms with Crippen LogP contribution in [0, 0.1) is 5.92 Å². The Morgan fingerprint density at radius 1 is 1.20 bits per heavy atom. The number of hydrogen-bond acceptors (Lipinski definition) is 3. The molecular formula is C18H26F3N3O. The topological polar surface area (TPSA) is 35.6 Å². The number of nitrogens with one attached hydrogen (secondary N) is 1. The third-order valence-corrected chi connectivity index (χ3v) is 4.75. The van der Waals surface area contributed by atoms with E-state index in [1.54, 1.807) is 0 Å². The van der Waals surface area contributed by atoms with Gasteiger partial charge in [0.2, 0.25) is 5.91 Å². The van der Waals surface area contributed by atoms with E-state index in [0.717, 1.165) is 31.5 Å². The fourth-order valence-electron chi connectivity index (χ4n) is 3.17. The molecule has 140 valence electrons. The van der Waals surface area contributed by atoms with Crippen LogP contribution in [0.1, 0.15) is 24.0 Å². The maximum atomic E-state index is 12.6. The van der Waals surface area contributed by atoms with Crippen LogP contribution in [0.2, 0.25) is 0 Å². The maximum absolute atomic E-state index is 12.6. The molecule has 1 fully saturated rings. The van der Waals surface area contributed by atoms with Gasteiger partial charge in [0, 0.05) is 25.7 Å². The van der Waals surface area contributed by atoms with Crippen molar-refractivity contribution in [2.24, 2.45) is 5.92 Å². The molecule has 0 bridgehead atoms. The van der Waals surface area contributed by atoms with Gasteiger partial charge in [-0.25, -0.2) is 0 Å².